The predicted molar refractivity (Wildman–Crippen MR) is 88.3 cm³/mol. The molecule has 2 N–H and O–H groups in total. The fourth-order valence-electron chi connectivity index (χ4n) is 2.67. The number of hydrogen-bond donors (Lipinski definition) is 2. The van der Waals surface area contributed by atoms with Gasteiger partial charge >= 0.3 is 5.97 Å². The van der Waals surface area contributed by atoms with Gasteiger partial charge in [-0.15, -0.1) is 0 Å². The Balaban J connectivity index is 2.25. The van der Waals surface area contributed by atoms with E-state index in [0.717, 1.165) is 25.9 Å². The number of carbonyl (C=O) groups excluding carboxylic acids is 1. The Kier molecular flexibility index (Phi) is 5.38. The third-order valence-corrected chi connectivity index (χ3v) is 4.28. The van der Waals surface area contributed by atoms with E-state index in [-0.39, 0.29) is 11.3 Å². The quantitative estimate of drug-likeness (QED) is 0.629. The summed E-state index contributed by atoms with van der Waals surface area (Å²) < 4.78 is 0. The third kappa shape index (κ3) is 4.01. The first-order valence-electron chi connectivity index (χ1n) is 7.86. The van der Waals surface area contributed by atoms with Crippen LogP contribution in [-0.4, -0.2) is 41.0 Å². The van der Waals surface area contributed by atoms with Gasteiger partial charge in [-0.2, -0.15) is 0 Å². The molecule has 1 saturated heterocycles. The van der Waals surface area contributed by atoms with Crippen molar-refractivity contribution in [1.82, 2.24) is 5.32 Å². The summed E-state index contributed by atoms with van der Waals surface area (Å²) in [5.74, 6) is -1.22. The van der Waals surface area contributed by atoms with Crippen molar-refractivity contribution in [2.75, 3.05) is 18.0 Å². The SMILES string of the molecule is CC1CCN(c2ccc(C(=O)NC(C)C(=O)O)cc2[N+](=O)[O-])CC1. The van der Waals surface area contributed by atoms with Crippen molar-refractivity contribution >= 4 is 23.3 Å². The van der Waals surface area contributed by atoms with Gasteiger partial charge in [0.1, 0.15) is 11.7 Å². The molecule has 1 amide bonds. The lowest BCUT2D eigenvalue weighted by molar-refractivity contribution is -0.384. The van der Waals surface area contributed by atoms with E-state index < -0.39 is 22.8 Å². The van der Waals surface area contributed by atoms with Crippen molar-refractivity contribution in [2.45, 2.75) is 32.7 Å². The fourth-order valence-corrected chi connectivity index (χ4v) is 2.67. The minimum absolute atomic E-state index is 0.0731. The van der Waals surface area contributed by atoms with Crippen LogP contribution in [-0.2, 0) is 4.79 Å². The van der Waals surface area contributed by atoms with Crippen LogP contribution in [0.5, 0.6) is 0 Å². The highest BCUT2D eigenvalue weighted by molar-refractivity contribution is 5.97. The number of amides is 1. The number of nitrogens with one attached hydrogen (secondary N) is 1. The van der Waals surface area contributed by atoms with Crippen LogP contribution in [0, 0.1) is 16.0 Å². The molecule has 8 heteroatoms. The van der Waals surface area contributed by atoms with E-state index in [1.165, 1.54) is 19.1 Å². The summed E-state index contributed by atoms with van der Waals surface area (Å²) >= 11 is 0. The molecule has 1 atom stereocenters. The molecule has 1 aliphatic heterocycles. The molecule has 24 heavy (non-hydrogen) atoms. The molecule has 1 aromatic rings. The number of rotatable bonds is 5. The van der Waals surface area contributed by atoms with Gasteiger partial charge in [-0.1, -0.05) is 6.92 Å². The summed E-state index contributed by atoms with van der Waals surface area (Å²) in [7, 11) is 0. The molecule has 0 aromatic heterocycles. The van der Waals surface area contributed by atoms with E-state index in [0.29, 0.717) is 11.6 Å². The molecular formula is C16H21N3O5. The Labute approximate surface area is 139 Å². The Morgan fingerprint density at radius 3 is 2.54 bits per heavy atom. The highest BCUT2D eigenvalue weighted by atomic mass is 16.6. The minimum atomic E-state index is -1.17. The second-order valence-electron chi connectivity index (χ2n) is 6.16. The van der Waals surface area contributed by atoms with Crippen LogP contribution >= 0.6 is 0 Å². The molecule has 0 radical (unpaired) electrons. The number of anilines is 1. The maximum absolute atomic E-state index is 12.1. The maximum Gasteiger partial charge on any atom is 0.325 e. The van der Waals surface area contributed by atoms with Gasteiger partial charge in [-0.05, 0) is 37.8 Å². The molecule has 1 heterocycles. The molecule has 0 saturated carbocycles. The topological polar surface area (TPSA) is 113 Å². The smallest absolute Gasteiger partial charge is 0.325 e. The molecule has 130 valence electrons. The van der Waals surface area contributed by atoms with Crippen molar-refractivity contribution in [1.29, 1.82) is 0 Å². The number of carboxylic acid groups (broad SMARTS) is 1. The van der Waals surface area contributed by atoms with Gasteiger partial charge in [0.25, 0.3) is 11.6 Å². The van der Waals surface area contributed by atoms with Gasteiger partial charge in [0.05, 0.1) is 4.92 Å². The molecule has 1 unspecified atom stereocenters. The van der Waals surface area contributed by atoms with Crippen LogP contribution in [0.2, 0.25) is 0 Å². The standard InChI is InChI=1S/C16H21N3O5/c1-10-5-7-18(8-6-10)13-4-3-12(9-14(13)19(23)24)15(20)17-11(2)16(21)22/h3-4,9-11H,5-8H2,1-2H3,(H,17,20)(H,21,22). The number of nitrogens with zero attached hydrogens (tertiary/aromatic N) is 2. The highest BCUT2D eigenvalue weighted by Crippen LogP contribution is 2.32. The van der Waals surface area contributed by atoms with E-state index in [9.17, 15) is 19.7 Å². The Morgan fingerprint density at radius 2 is 2.00 bits per heavy atom. The molecule has 2 rings (SSSR count). The highest BCUT2D eigenvalue weighted by Gasteiger charge is 2.25. The number of nitro groups is 1. The van der Waals surface area contributed by atoms with Crippen LogP contribution < -0.4 is 10.2 Å². The lowest BCUT2D eigenvalue weighted by Gasteiger charge is -2.31. The van der Waals surface area contributed by atoms with E-state index in [1.54, 1.807) is 6.07 Å². The fraction of sp³-hybridized carbons (Fsp3) is 0.500. The van der Waals surface area contributed by atoms with Crippen molar-refractivity contribution in [3.8, 4) is 0 Å². The molecule has 1 fully saturated rings. The summed E-state index contributed by atoms with van der Waals surface area (Å²) in [6.45, 7) is 4.97. The monoisotopic (exact) mass is 335 g/mol. The average molecular weight is 335 g/mol. The van der Waals surface area contributed by atoms with Crippen LogP contribution in [0.15, 0.2) is 18.2 Å². The molecule has 0 spiro atoms. The molecule has 0 bridgehead atoms. The van der Waals surface area contributed by atoms with Crippen molar-refractivity contribution < 1.29 is 19.6 Å². The number of benzene rings is 1. The Morgan fingerprint density at radius 1 is 1.38 bits per heavy atom. The molecule has 1 aliphatic rings. The first-order chi connectivity index (χ1) is 11.3. The number of carbonyl (C=O) groups is 2. The number of carboxylic acids is 1. The zero-order chi connectivity index (χ0) is 17.9. The van der Waals surface area contributed by atoms with Crippen LogP contribution in [0.1, 0.15) is 37.0 Å². The van der Waals surface area contributed by atoms with Gasteiger partial charge in [0.15, 0.2) is 0 Å². The summed E-state index contributed by atoms with van der Waals surface area (Å²) in [6.07, 6.45) is 1.94. The number of aliphatic carboxylic acids is 1. The van der Waals surface area contributed by atoms with Gasteiger partial charge in [0, 0.05) is 24.7 Å². The van der Waals surface area contributed by atoms with Gasteiger partial charge in [-0.3, -0.25) is 19.7 Å². The second-order valence-corrected chi connectivity index (χ2v) is 6.16. The third-order valence-electron chi connectivity index (χ3n) is 4.28. The largest absolute Gasteiger partial charge is 0.480 e. The van der Waals surface area contributed by atoms with Crippen LogP contribution in [0.25, 0.3) is 0 Å². The van der Waals surface area contributed by atoms with E-state index in [2.05, 4.69) is 12.2 Å². The van der Waals surface area contributed by atoms with Gasteiger partial charge < -0.3 is 15.3 Å². The van der Waals surface area contributed by atoms with Gasteiger partial charge in [-0.25, -0.2) is 0 Å². The van der Waals surface area contributed by atoms with Gasteiger partial charge in [0.2, 0.25) is 0 Å². The van der Waals surface area contributed by atoms with Crippen LogP contribution in [0.4, 0.5) is 11.4 Å². The summed E-state index contributed by atoms with van der Waals surface area (Å²) in [5, 5.41) is 22.5. The first-order valence-corrected chi connectivity index (χ1v) is 7.86. The van der Waals surface area contributed by atoms with E-state index in [4.69, 9.17) is 5.11 Å². The minimum Gasteiger partial charge on any atom is -0.480 e. The normalized spacial score (nSPS) is 16.5. The van der Waals surface area contributed by atoms with Crippen molar-refractivity contribution in [3.05, 3.63) is 33.9 Å². The molecule has 1 aromatic carbocycles. The first kappa shape index (κ1) is 17.7. The van der Waals surface area contributed by atoms with Crippen molar-refractivity contribution in [2.24, 2.45) is 5.92 Å². The molecular weight excluding hydrogens is 314 g/mol. The molecule has 8 nitrogen and oxygen atoms in total. The van der Waals surface area contributed by atoms with E-state index in [1.807, 2.05) is 4.90 Å². The lowest BCUT2D eigenvalue weighted by atomic mass is 9.98. The molecule has 0 aliphatic carbocycles. The summed E-state index contributed by atoms with van der Waals surface area (Å²) in [4.78, 5) is 35.7. The van der Waals surface area contributed by atoms with Crippen LogP contribution in [0.3, 0.4) is 0 Å². The summed E-state index contributed by atoms with van der Waals surface area (Å²) in [6, 6.07) is 3.19. The zero-order valence-corrected chi connectivity index (χ0v) is 13.7. The average Bonchev–Trinajstić information content (AvgIpc) is 2.54. The number of nitro benzene ring substituents is 1. The second kappa shape index (κ2) is 7.29. The zero-order valence-electron chi connectivity index (χ0n) is 13.7. The Hall–Kier alpha value is -2.64. The predicted octanol–water partition coefficient (Wildman–Crippen LogP) is 2.03. The maximum atomic E-state index is 12.1. The van der Waals surface area contributed by atoms with E-state index >= 15 is 0 Å². The Bertz CT molecular complexity index is 653. The van der Waals surface area contributed by atoms with Crippen molar-refractivity contribution in [3.63, 3.8) is 0 Å². The lowest BCUT2D eigenvalue weighted by Crippen LogP contribution is -2.38. The number of hydrogen-bond acceptors (Lipinski definition) is 5. The summed E-state index contributed by atoms with van der Waals surface area (Å²) in [5.41, 5.74) is 0.429. The number of piperidine rings is 1.